The van der Waals surface area contributed by atoms with Crippen LogP contribution >= 0.6 is 11.3 Å². The molecule has 0 aliphatic heterocycles. The summed E-state index contributed by atoms with van der Waals surface area (Å²) in [5.41, 5.74) is 8.13. The van der Waals surface area contributed by atoms with Crippen molar-refractivity contribution in [3.8, 4) is 45.3 Å². The zero-order valence-corrected chi connectivity index (χ0v) is 27.8. The highest BCUT2D eigenvalue weighted by atomic mass is 32.1. The van der Waals surface area contributed by atoms with Gasteiger partial charge in [0.15, 0.2) is 17.5 Å². The Balaban J connectivity index is 1.11. The number of para-hydroxylation sites is 3. The molecule has 0 N–H and O–H groups in total. The number of hydrogen-bond donors (Lipinski definition) is 0. The molecule has 0 unspecified atom stereocenters. The molecule has 7 aromatic carbocycles. The maximum Gasteiger partial charge on any atom is 0.167 e. The first-order valence-electron chi connectivity index (χ1n) is 16.9. The van der Waals surface area contributed by atoms with Crippen LogP contribution in [0.4, 0.5) is 0 Å². The van der Waals surface area contributed by atoms with Crippen molar-refractivity contribution >= 4 is 75.4 Å². The topological polar surface area (TPSA) is 65.0 Å². The average Bonchev–Trinajstić information content (AvgIpc) is 3.89. The van der Waals surface area contributed by atoms with Gasteiger partial charge in [0.1, 0.15) is 22.3 Å². The highest BCUT2D eigenvalue weighted by Crippen LogP contribution is 2.44. The first-order valence-corrected chi connectivity index (χ1v) is 17.7. The van der Waals surface area contributed by atoms with Gasteiger partial charge in [-0.2, -0.15) is 0 Å². The van der Waals surface area contributed by atoms with Gasteiger partial charge >= 0.3 is 0 Å². The van der Waals surface area contributed by atoms with Gasteiger partial charge in [0.25, 0.3) is 0 Å². The molecule has 4 aromatic heterocycles. The minimum atomic E-state index is 0.555. The minimum Gasteiger partial charge on any atom is -0.455 e. The molecule has 0 aliphatic rings. The highest BCUT2D eigenvalue weighted by molar-refractivity contribution is 7.26. The Hall–Kier alpha value is -6.63. The molecule has 0 atom stereocenters. The van der Waals surface area contributed by atoms with Crippen molar-refractivity contribution in [3.05, 3.63) is 152 Å². The standard InChI is InChI=1S/C45H25N3O2S/c1-2-11-26(12-3-1)43-46-44(48-45(47-43)35-20-9-15-30-28-13-4-6-21-37(28)49-41(30)35)27-23-24-38-36(25-27)32-17-8-16-31(40(32)50-38)34-19-10-18-33-29-14-5-7-22-39(29)51-42(33)34/h1-25H. The third kappa shape index (κ3) is 4.37. The Labute approximate surface area is 295 Å². The van der Waals surface area contributed by atoms with Gasteiger partial charge in [-0.1, -0.05) is 115 Å². The first-order chi connectivity index (χ1) is 25.3. The fourth-order valence-corrected chi connectivity index (χ4v) is 8.60. The maximum absolute atomic E-state index is 6.65. The lowest BCUT2D eigenvalue weighted by atomic mass is 10.00. The molecule has 0 saturated carbocycles. The zero-order chi connectivity index (χ0) is 33.5. The number of hydrogen-bond acceptors (Lipinski definition) is 6. The van der Waals surface area contributed by atoms with Crippen molar-refractivity contribution in [2.45, 2.75) is 0 Å². The summed E-state index contributed by atoms with van der Waals surface area (Å²) in [4.78, 5) is 15.1. The van der Waals surface area contributed by atoms with E-state index >= 15 is 0 Å². The zero-order valence-electron chi connectivity index (χ0n) is 27.0. The molecule has 6 heteroatoms. The lowest BCUT2D eigenvalue weighted by molar-refractivity contribution is 0.669. The Bertz CT molecular complexity index is 3160. The van der Waals surface area contributed by atoms with Gasteiger partial charge in [0, 0.05) is 64.0 Å². The van der Waals surface area contributed by atoms with E-state index in [2.05, 4.69) is 78.9 Å². The van der Waals surface area contributed by atoms with Crippen LogP contribution < -0.4 is 0 Å². The summed E-state index contributed by atoms with van der Waals surface area (Å²) in [6.45, 7) is 0. The Kier molecular flexibility index (Phi) is 6.05. The molecule has 11 aromatic rings. The number of rotatable bonds is 4. The monoisotopic (exact) mass is 671 g/mol. The van der Waals surface area contributed by atoms with Crippen molar-refractivity contribution in [2.24, 2.45) is 0 Å². The molecule has 0 fully saturated rings. The lowest BCUT2D eigenvalue weighted by Crippen LogP contribution is -2.00. The van der Waals surface area contributed by atoms with Crippen LogP contribution in [0, 0.1) is 0 Å². The summed E-state index contributed by atoms with van der Waals surface area (Å²) in [5, 5.41) is 6.69. The number of fused-ring (bicyclic) bond motifs is 9. The first kappa shape index (κ1) is 28.2. The quantitative estimate of drug-likeness (QED) is 0.186. The summed E-state index contributed by atoms with van der Waals surface area (Å²) >= 11 is 1.83. The molecule has 0 radical (unpaired) electrons. The van der Waals surface area contributed by atoms with E-state index in [-0.39, 0.29) is 0 Å². The largest absolute Gasteiger partial charge is 0.455 e. The fourth-order valence-electron chi connectivity index (χ4n) is 7.37. The molecule has 11 rings (SSSR count). The second kappa shape index (κ2) is 10.9. The maximum atomic E-state index is 6.65. The van der Waals surface area contributed by atoms with Gasteiger partial charge in [-0.15, -0.1) is 11.3 Å². The predicted molar refractivity (Wildman–Crippen MR) is 209 cm³/mol. The molecule has 5 nitrogen and oxygen atoms in total. The summed E-state index contributed by atoms with van der Waals surface area (Å²) in [6, 6.07) is 52.0. The molecule has 238 valence electrons. The summed E-state index contributed by atoms with van der Waals surface area (Å²) < 4.78 is 15.6. The number of benzene rings is 7. The van der Waals surface area contributed by atoms with Gasteiger partial charge in [0.2, 0.25) is 0 Å². The van der Waals surface area contributed by atoms with Crippen LogP contribution in [0.5, 0.6) is 0 Å². The van der Waals surface area contributed by atoms with E-state index < -0.39 is 0 Å². The van der Waals surface area contributed by atoms with Gasteiger partial charge in [-0.05, 0) is 36.4 Å². The van der Waals surface area contributed by atoms with Crippen LogP contribution in [0.2, 0.25) is 0 Å². The fraction of sp³-hybridized carbons (Fsp3) is 0. The third-order valence-electron chi connectivity index (χ3n) is 9.76. The van der Waals surface area contributed by atoms with E-state index in [1.54, 1.807) is 0 Å². The van der Waals surface area contributed by atoms with Gasteiger partial charge in [-0.25, -0.2) is 15.0 Å². The summed E-state index contributed by atoms with van der Waals surface area (Å²) in [6.07, 6.45) is 0. The molecule has 0 bridgehead atoms. The van der Waals surface area contributed by atoms with Crippen LogP contribution in [0.25, 0.3) is 109 Å². The van der Waals surface area contributed by atoms with E-state index in [0.29, 0.717) is 17.5 Å². The molecule has 0 spiro atoms. The van der Waals surface area contributed by atoms with Crippen molar-refractivity contribution in [2.75, 3.05) is 0 Å². The molecular weight excluding hydrogens is 647 g/mol. The predicted octanol–water partition coefficient (Wildman–Crippen LogP) is 12.7. The molecule has 0 amide bonds. The van der Waals surface area contributed by atoms with E-state index in [1.165, 1.54) is 25.7 Å². The molecule has 0 saturated heterocycles. The summed E-state index contributed by atoms with van der Waals surface area (Å²) in [7, 11) is 0. The van der Waals surface area contributed by atoms with Crippen LogP contribution in [0.1, 0.15) is 0 Å². The van der Waals surface area contributed by atoms with E-state index in [9.17, 15) is 0 Å². The van der Waals surface area contributed by atoms with Crippen LogP contribution in [-0.2, 0) is 0 Å². The van der Waals surface area contributed by atoms with Gasteiger partial charge in [0.05, 0.1) is 5.56 Å². The SMILES string of the molecule is c1ccc(-c2nc(-c3ccc4oc5c(-c6cccc7c6sc6ccccc67)cccc5c4c3)nc(-c3cccc4c3oc3ccccc34)n2)cc1. The van der Waals surface area contributed by atoms with Crippen LogP contribution in [-0.4, -0.2) is 15.0 Å². The minimum absolute atomic E-state index is 0.555. The Morgan fingerprint density at radius 2 is 0.961 bits per heavy atom. The van der Waals surface area contributed by atoms with E-state index in [4.69, 9.17) is 23.8 Å². The van der Waals surface area contributed by atoms with E-state index in [1.807, 2.05) is 84.1 Å². The Morgan fingerprint density at radius 3 is 1.80 bits per heavy atom. The smallest absolute Gasteiger partial charge is 0.167 e. The molecule has 0 aliphatic carbocycles. The average molecular weight is 672 g/mol. The third-order valence-corrected chi connectivity index (χ3v) is 11.0. The number of furan rings is 2. The number of thiophene rings is 1. The van der Waals surface area contributed by atoms with Crippen molar-refractivity contribution < 1.29 is 8.83 Å². The highest BCUT2D eigenvalue weighted by Gasteiger charge is 2.20. The second-order valence-electron chi connectivity index (χ2n) is 12.7. The molecule has 51 heavy (non-hydrogen) atoms. The van der Waals surface area contributed by atoms with Gasteiger partial charge in [-0.3, -0.25) is 0 Å². The van der Waals surface area contributed by atoms with E-state index in [0.717, 1.165) is 66.1 Å². The normalized spacial score (nSPS) is 11.9. The van der Waals surface area contributed by atoms with Crippen molar-refractivity contribution in [1.29, 1.82) is 0 Å². The lowest BCUT2D eigenvalue weighted by Gasteiger charge is -2.09. The van der Waals surface area contributed by atoms with Crippen LogP contribution in [0.15, 0.2) is 160 Å². The molecular formula is C45H25N3O2S. The molecule has 4 heterocycles. The number of nitrogens with zero attached hydrogens (tertiary/aromatic N) is 3. The summed E-state index contributed by atoms with van der Waals surface area (Å²) in [5.74, 6) is 1.73. The van der Waals surface area contributed by atoms with Crippen LogP contribution in [0.3, 0.4) is 0 Å². The van der Waals surface area contributed by atoms with Crippen molar-refractivity contribution in [3.63, 3.8) is 0 Å². The van der Waals surface area contributed by atoms with Gasteiger partial charge < -0.3 is 8.83 Å². The van der Waals surface area contributed by atoms with Crippen molar-refractivity contribution in [1.82, 2.24) is 15.0 Å². The number of aromatic nitrogens is 3. The Morgan fingerprint density at radius 1 is 0.373 bits per heavy atom. The second-order valence-corrected chi connectivity index (χ2v) is 13.8.